The van der Waals surface area contributed by atoms with Crippen LogP contribution in [-0.2, 0) is 9.53 Å². The van der Waals surface area contributed by atoms with E-state index in [0.717, 1.165) is 73.9 Å². The van der Waals surface area contributed by atoms with E-state index in [4.69, 9.17) is 9.26 Å². The zero-order valence-corrected chi connectivity index (χ0v) is 17.8. The van der Waals surface area contributed by atoms with Gasteiger partial charge in [0, 0.05) is 18.2 Å². The summed E-state index contributed by atoms with van der Waals surface area (Å²) in [6.07, 6.45) is 6.52. The van der Waals surface area contributed by atoms with Gasteiger partial charge in [-0.2, -0.15) is 0 Å². The number of fused-ring (bicyclic) bond motifs is 1. The van der Waals surface area contributed by atoms with Crippen molar-refractivity contribution in [3.8, 4) is 0 Å². The highest BCUT2D eigenvalue weighted by atomic mass is 16.5. The summed E-state index contributed by atoms with van der Waals surface area (Å²) in [5.41, 5.74) is 1.43. The van der Waals surface area contributed by atoms with Gasteiger partial charge in [0.2, 0.25) is 0 Å². The van der Waals surface area contributed by atoms with Gasteiger partial charge in [0.15, 0.2) is 11.6 Å². The van der Waals surface area contributed by atoms with Gasteiger partial charge in [-0.25, -0.2) is 4.79 Å². The standard InChI is InChI=1S/C23H34N3O3/c1-3-26(2)16-12-18(13-17-26)28-23(27)22(25-14-8-4-5-9-15-25)21-19-10-6-7-11-20(19)29-24-21/h6-7,10-11,18,22H,3-5,8-9,12-17H2,1-2H3/q+1. The van der Waals surface area contributed by atoms with Gasteiger partial charge in [-0.3, -0.25) is 4.90 Å². The van der Waals surface area contributed by atoms with E-state index in [9.17, 15) is 4.79 Å². The van der Waals surface area contributed by atoms with Crippen LogP contribution in [0.25, 0.3) is 11.0 Å². The Kier molecular flexibility index (Phi) is 6.20. The number of quaternary nitrogens is 1. The number of rotatable bonds is 5. The maximum Gasteiger partial charge on any atom is 0.330 e. The molecule has 0 aliphatic carbocycles. The summed E-state index contributed by atoms with van der Waals surface area (Å²) in [5, 5.41) is 5.25. The van der Waals surface area contributed by atoms with Gasteiger partial charge in [-0.15, -0.1) is 0 Å². The lowest BCUT2D eigenvalue weighted by Gasteiger charge is -2.40. The predicted molar refractivity (Wildman–Crippen MR) is 112 cm³/mol. The number of carbonyl (C=O) groups excluding carboxylic acids is 1. The van der Waals surface area contributed by atoms with E-state index in [-0.39, 0.29) is 12.1 Å². The zero-order valence-electron chi connectivity index (χ0n) is 17.8. The minimum absolute atomic E-state index is 0.00731. The molecule has 0 N–H and O–H groups in total. The van der Waals surface area contributed by atoms with Crippen LogP contribution in [0.1, 0.15) is 57.2 Å². The first kappa shape index (κ1) is 20.4. The molecule has 2 aliphatic heterocycles. The van der Waals surface area contributed by atoms with E-state index >= 15 is 0 Å². The smallest absolute Gasteiger partial charge is 0.330 e. The monoisotopic (exact) mass is 400 g/mol. The number of ether oxygens (including phenoxy) is 1. The lowest BCUT2D eigenvalue weighted by Crippen LogP contribution is -2.51. The molecule has 0 amide bonds. The van der Waals surface area contributed by atoms with Crippen LogP contribution in [-0.4, -0.2) is 66.4 Å². The first-order valence-corrected chi connectivity index (χ1v) is 11.2. The lowest BCUT2D eigenvalue weighted by atomic mass is 10.0. The second kappa shape index (κ2) is 8.84. The third-order valence-corrected chi connectivity index (χ3v) is 6.92. The van der Waals surface area contributed by atoms with Crippen molar-refractivity contribution < 1.29 is 18.5 Å². The number of piperidine rings is 1. The average Bonchev–Trinajstić information content (AvgIpc) is 2.97. The summed E-state index contributed by atoms with van der Waals surface area (Å²) in [6.45, 7) is 7.29. The Labute approximate surface area is 173 Å². The molecule has 0 saturated carbocycles. The molecular formula is C23H34N3O3+. The minimum atomic E-state index is -0.481. The van der Waals surface area contributed by atoms with E-state index in [2.05, 4.69) is 24.0 Å². The molecule has 6 nitrogen and oxygen atoms in total. The van der Waals surface area contributed by atoms with Gasteiger partial charge in [0.05, 0.1) is 26.7 Å². The summed E-state index contributed by atoms with van der Waals surface area (Å²) in [6, 6.07) is 7.32. The number of benzene rings is 1. The highest BCUT2D eigenvalue weighted by Gasteiger charge is 2.37. The first-order valence-electron chi connectivity index (χ1n) is 11.2. The van der Waals surface area contributed by atoms with Crippen molar-refractivity contribution >= 4 is 16.9 Å². The van der Waals surface area contributed by atoms with E-state index in [1.807, 2.05) is 24.3 Å². The maximum atomic E-state index is 13.4. The fourth-order valence-electron chi connectivity index (χ4n) is 4.72. The maximum absolute atomic E-state index is 13.4. The first-order chi connectivity index (χ1) is 14.1. The molecule has 2 aliphatic rings. The Morgan fingerprint density at radius 2 is 1.90 bits per heavy atom. The van der Waals surface area contributed by atoms with E-state index < -0.39 is 6.04 Å². The zero-order chi connectivity index (χ0) is 20.3. The number of carbonyl (C=O) groups is 1. The van der Waals surface area contributed by atoms with Crippen molar-refractivity contribution in [1.82, 2.24) is 10.1 Å². The van der Waals surface area contributed by atoms with Gasteiger partial charge in [-0.1, -0.05) is 30.1 Å². The molecule has 2 aromatic rings. The number of nitrogens with zero attached hydrogens (tertiary/aromatic N) is 3. The molecule has 1 aromatic heterocycles. The number of likely N-dealkylation sites (tertiary alicyclic amines) is 2. The Morgan fingerprint density at radius 1 is 1.21 bits per heavy atom. The molecule has 6 heteroatoms. The second-order valence-corrected chi connectivity index (χ2v) is 8.94. The molecule has 2 saturated heterocycles. The number of hydrogen-bond acceptors (Lipinski definition) is 5. The van der Waals surface area contributed by atoms with Crippen molar-refractivity contribution in [2.45, 2.75) is 57.6 Å². The molecule has 0 radical (unpaired) electrons. The molecule has 1 aromatic carbocycles. The average molecular weight is 401 g/mol. The normalized spacial score (nSPS) is 27.4. The quantitative estimate of drug-likeness (QED) is 0.562. The number of aromatic nitrogens is 1. The molecule has 1 unspecified atom stereocenters. The van der Waals surface area contributed by atoms with Gasteiger partial charge in [0.1, 0.15) is 11.8 Å². The highest BCUT2D eigenvalue weighted by molar-refractivity contribution is 5.87. The van der Waals surface area contributed by atoms with Crippen molar-refractivity contribution in [3.05, 3.63) is 30.0 Å². The Morgan fingerprint density at radius 3 is 2.59 bits per heavy atom. The number of hydrogen-bond donors (Lipinski definition) is 0. The third kappa shape index (κ3) is 4.48. The van der Waals surface area contributed by atoms with E-state index in [1.54, 1.807) is 0 Å². The van der Waals surface area contributed by atoms with Crippen LogP contribution >= 0.6 is 0 Å². The van der Waals surface area contributed by atoms with E-state index in [1.165, 1.54) is 12.8 Å². The van der Waals surface area contributed by atoms with Crippen molar-refractivity contribution in [3.63, 3.8) is 0 Å². The molecule has 0 spiro atoms. The molecule has 3 heterocycles. The molecule has 4 rings (SSSR count). The van der Waals surface area contributed by atoms with Crippen LogP contribution in [0.3, 0.4) is 0 Å². The summed E-state index contributed by atoms with van der Waals surface area (Å²) in [7, 11) is 2.29. The molecule has 29 heavy (non-hydrogen) atoms. The van der Waals surface area contributed by atoms with Crippen LogP contribution < -0.4 is 0 Å². The summed E-state index contributed by atoms with van der Waals surface area (Å²) >= 11 is 0. The number of para-hydroxylation sites is 1. The Hall–Kier alpha value is -1.92. The van der Waals surface area contributed by atoms with Gasteiger partial charge < -0.3 is 13.7 Å². The molecule has 2 fully saturated rings. The van der Waals surface area contributed by atoms with Crippen LogP contribution in [0.4, 0.5) is 0 Å². The van der Waals surface area contributed by atoms with Crippen molar-refractivity contribution in [1.29, 1.82) is 0 Å². The third-order valence-electron chi connectivity index (χ3n) is 6.92. The van der Waals surface area contributed by atoms with Crippen LogP contribution in [0.2, 0.25) is 0 Å². The minimum Gasteiger partial charge on any atom is -0.460 e. The van der Waals surface area contributed by atoms with E-state index in [0.29, 0.717) is 5.69 Å². The summed E-state index contributed by atoms with van der Waals surface area (Å²) < 4.78 is 12.7. The molecule has 0 bridgehead atoms. The largest absolute Gasteiger partial charge is 0.460 e. The highest BCUT2D eigenvalue weighted by Crippen LogP contribution is 2.32. The van der Waals surface area contributed by atoms with Crippen molar-refractivity contribution in [2.24, 2.45) is 0 Å². The molecule has 158 valence electrons. The van der Waals surface area contributed by atoms with Crippen LogP contribution in [0.5, 0.6) is 0 Å². The Balaban J connectivity index is 1.56. The second-order valence-electron chi connectivity index (χ2n) is 8.94. The molecule has 1 atom stereocenters. The van der Waals surface area contributed by atoms with Crippen molar-refractivity contribution in [2.75, 3.05) is 39.8 Å². The molecular weight excluding hydrogens is 366 g/mol. The predicted octanol–water partition coefficient (Wildman–Crippen LogP) is 3.92. The van der Waals surface area contributed by atoms with Gasteiger partial charge >= 0.3 is 5.97 Å². The van der Waals surface area contributed by atoms with Gasteiger partial charge in [0.25, 0.3) is 0 Å². The van der Waals surface area contributed by atoms with Crippen LogP contribution in [0.15, 0.2) is 28.8 Å². The van der Waals surface area contributed by atoms with Crippen LogP contribution in [0, 0.1) is 0 Å². The summed E-state index contributed by atoms with van der Waals surface area (Å²) in [5.74, 6) is -0.163. The SMILES string of the molecule is CC[N+]1(C)CCC(OC(=O)C(c2noc3ccccc23)N2CCCCCC2)CC1. The fraction of sp³-hybridized carbons (Fsp3) is 0.652. The summed E-state index contributed by atoms with van der Waals surface area (Å²) in [4.78, 5) is 15.7. The van der Waals surface area contributed by atoms with Gasteiger partial charge in [-0.05, 0) is 45.0 Å². The lowest BCUT2D eigenvalue weighted by molar-refractivity contribution is -0.913. The topological polar surface area (TPSA) is 55.6 Å². The number of esters is 1. The Bertz CT molecular complexity index is 818. The fourth-order valence-corrected chi connectivity index (χ4v) is 4.72.